The van der Waals surface area contributed by atoms with Gasteiger partial charge in [0, 0.05) is 0 Å². The molecule has 0 aliphatic carbocycles. The average molecular weight is 263 g/mol. The van der Waals surface area contributed by atoms with Gasteiger partial charge in [-0.2, -0.15) is 0 Å². The van der Waals surface area contributed by atoms with E-state index in [9.17, 15) is 15.3 Å². The maximum Gasteiger partial charge on any atom is 0.148 e. The summed E-state index contributed by atoms with van der Waals surface area (Å²) in [7, 11) is 0. The molecule has 1 heterocycles. The minimum Gasteiger partial charge on any atom is -0.394 e. The van der Waals surface area contributed by atoms with E-state index in [-0.39, 0.29) is 0 Å². The molecule has 0 radical (unpaired) electrons. The first-order chi connectivity index (χ1) is 9.14. The maximum atomic E-state index is 9.31. The first-order valence-electron chi connectivity index (χ1n) is 5.98. The molecule has 19 heavy (non-hydrogen) atoms. The quantitative estimate of drug-likeness (QED) is 0.609. The van der Waals surface area contributed by atoms with Gasteiger partial charge < -0.3 is 20.6 Å². The van der Waals surface area contributed by atoms with Crippen molar-refractivity contribution in [3.8, 4) is 0 Å². The SMILES string of the molecule is Cc1nc2ccccc2nc1NC(CO)(CO)CO. The summed E-state index contributed by atoms with van der Waals surface area (Å²) < 4.78 is 0. The summed E-state index contributed by atoms with van der Waals surface area (Å²) in [6.45, 7) is 0.550. The largest absolute Gasteiger partial charge is 0.394 e. The van der Waals surface area contributed by atoms with Crippen molar-refractivity contribution in [1.29, 1.82) is 0 Å². The molecule has 6 nitrogen and oxygen atoms in total. The van der Waals surface area contributed by atoms with E-state index < -0.39 is 25.4 Å². The van der Waals surface area contributed by atoms with Crippen LogP contribution < -0.4 is 5.32 Å². The highest BCUT2D eigenvalue weighted by Gasteiger charge is 2.29. The van der Waals surface area contributed by atoms with E-state index in [1.165, 1.54) is 0 Å². The number of aliphatic hydroxyl groups is 3. The summed E-state index contributed by atoms with van der Waals surface area (Å²) in [5, 5.41) is 30.8. The molecule has 0 amide bonds. The smallest absolute Gasteiger partial charge is 0.148 e. The van der Waals surface area contributed by atoms with Gasteiger partial charge in [-0.1, -0.05) is 12.1 Å². The van der Waals surface area contributed by atoms with Crippen LogP contribution in [0.5, 0.6) is 0 Å². The third-order valence-electron chi connectivity index (χ3n) is 3.04. The van der Waals surface area contributed by atoms with Crippen LogP contribution in [0.2, 0.25) is 0 Å². The Kier molecular flexibility index (Phi) is 3.94. The lowest BCUT2D eigenvalue weighted by Crippen LogP contribution is -2.49. The number of benzene rings is 1. The molecule has 102 valence electrons. The third-order valence-corrected chi connectivity index (χ3v) is 3.04. The summed E-state index contributed by atoms with van der Waals surface area (Å²) in [4.78, 5) is 8.79. The van der Waals surface area contributed by atoms with E-state index in [0.29, 0.717) is 17.0 Å². The van der Waals surface area contributed by atoms with Crippen molar-refractivity contribution >= 4 is 16.9 Å². The summed E-state index contributed by atoms with van der Waals surface area (Å²) in [6, 6.07) is 7.42. The second kappa shape index (κ2) is 5.48. The highest BCUT2D eigenvalue weighted by molar-refractivity contribution is 5.76. The van der Waals surface area contributed by atoms with Crippen LogP contribution in [0.25, 0.3) is 11.0 Å². The fourth-order valence-corrected chi connectivity index (χ4v) is 1.73. The Morgan fingerprint density at radius 1 is 1.00 bits per heavy atom. The molecule has 0 saturated carbocycles. The summed E-state index contributed by atoms with van der Waals surface area (Å²) in [5.74, 6) is 0.441. The van der Waals surface area contributed by atoms with Crippen molar-refractivity contribution < 1.29 is 15.3 Å². The predicted molar refractivity (Wildman–Crippen MR) is 71.9 cm³/mol. The zero-order valence-electron chi connectivity index (χ0n) is 10.7. The van der Waals surface area contributed by atoms with Gasteiger partial charge in [0.15, 0.2) is 0 Å². The van der Waals surface area contributed by atoms with Gasteiger partial charge >= 0.3 is 0 Å². The lowest BCUT2D eigenvalue weighted by Gasteiger charge is -2.29. The number of anilines is 1. The standard InChI is InChI=1S/C13H17N3O3/c1-9-12(16-13(6-17,7-18)8-19)15-11-5-3-2-4-10(11)14-9/h2-5,17-19H,6-8H2,1H3,(H,15,16). The summed E-state index contributed by atoms with van der Waals surface area (Å²) in [6.07, 6.45) is 0. The molecule has 0 aliphatic heterocycles. The fourth-order valence-electron chi connectivity index (χ4n) is 1.73. The molecule has 0 saturated heterocycles. The lowest BCUT2D eigenvalue weighted by molar-refractivity contribution is 0.0830. The summed E-state index contributed by atoms with van der Waals surface area (Å²) >= 11 is 0. The molecular formula is C13H17N3O3. The molecule has 1 aromatic heterocycles. The molecule has 2 rings (SSSR count). The molecule has 0 atom stereocenters. The zero-order chi connectivity index (χ0) is 13.9. The summed E-state index contributed by atoms with van der Waals surface area (Å²) in [5.41, 5.74) is 0.909. The fraction of sp³-hybridized carbons (Fsp3) is 0.385. The molecular weight excluding hydrogens is 246 g/mol. The lowest BCUT2D eigenvalue weighted by atomic mass is 10.0. The number of nitrogens with zero attached hydrogens (tertiary/aromatic N) is 2. The Morgan fingerprint density at radius 3 is 2.05 bits per heavy atom. The van der Waals surface area contributed by atoms with Gasteiger partial charge in [-0.15, -0.1) is 0 Å². The molecule has 0 bridgehead atoms. The monoisotopic (exact) mass is 263 g/mol. The van der Waals surface area contributed by atoms with Crippen molar-refractivity contribution in [2.45, 2.75) is 12.5 Å². The van der Waals surface area contributed by atoms with Crippen molar-refractivity contribution in [3.63, 3.8) is 0 Å². The predicted octanol–water partition coefficient (Wildman–Crippen LogP) is 0.0658. The van der Waals surface area contributed by atoms with Crippen molar-refractivity contribution in [3.05, 3.63) is 30.0 Å². The van der Waals surface area contributed by atoms with Crippen molar-refractivity contribution in [1.82, 2.24) is 9.97 Å². The second-order valence-electron chi connectivity index (χ2n) is 4.53. The van der Waals surface area contributed by atoms with Crippen molar-refractivity contribution in [2.75, 3.05) is 25.1 Å². The first kappa shape index (κ1) is 13.7. The molecule has 6 heteroatoms. The Morgan fingerprint density at radius 2 is 1.53 bits per heavy atom. The van der Waals surface area contributed by atoms with Gasteiger partial charge in [0.1, 0.15) is 11.4 Å². The minimum absolute atomic E-state index is 0.409. The number of hydrogen-bond acceptors (Lipinski definition) is 6. The third kappa shape index (κ3) is 2.65. The van der Waals surface area contributed by atoms with Gasteiger partial charge in [0.2, 0.25) is 0 Å². The Labute approximate surface area is 110 Å². The molecule has 0 spiro atoms. The molecule has 4 N–H and O–H groups in total. The molecule has 2 aromatic rings. The van der Waals surface area contributed by atoms with Gasteiger partial charge in [0.25, 0.3) is 0 Å². The molecule has 0 aliphatic rings. The number of hydrogen-bond donors (Lipinski definition) is 4. The average Bonchev–Trinajstić information content (AvgIpc) is 2.45. The zero-order valence-corrected chi connectivity index (χ0v) is 10.7. The molecule has 1 aromatic carbocycles. The van der Waals surface area contributed by atoms with Crippen LogP contribution in [0.15, 0.2) is 24.3 Å². The van der Waals surface area contributed by atoms with Crippen LogP contribution in [0.1, 0.15) is 5.69 Å². The van der Waals surface area contributed by atoms with Crippen LogP contribution >= 0.6 is 0 Å². The van der Waals surface area contributed by atoms with Crippen LogP contribution in [-0.4, -0.2) is 50.6 Å². The van der Waals surface area contributed by atoms with Crippen LogP contribution in [0.3, 0.4) is 0 Å². The molecule has 0 unspecified atom stereocenters. The maximum absolute atomic E-state index is 9.31. The number of fused-ring (bicyclic) bond motifs is 1. The van der Waals surface area contributed by atoms with E-state index >= 15 is 0 Å². The topological polar surface area (TPSA) is 98.5 Å². The molecule has 0 fully saturated rings. The van der Waals surface area contributed by atoms with Crippen LogP contribution in [0, 0.1) is 6.92 Å². The number of aromatic nitrogens is 2. The Bertz CT molecular complexity index is 562. The Hall–Kier alpha value is -1.76. The van der Waals surface area contributed by atoms with Crippen molar-refractivity contribution in [2.24, 2.45) is 0 Å². The van der Waals surface area contributed by atoms with Crippen LogP contribution in [0.4, 0.5) is 5.82 Å². The minimum atomic E-state index is -1.21. The van der Waals surface area contributed by atoms with Gasteiger partial charge in [-0.05, 0) is 19.1 Å². The van der Waals surface area contributed by atoms with E-state index in [1.807, 2.05) is 24.3 Å². The van der Waals surface area contributed by atoms with Gasteiger partial charge in [0.05, 0.1) is 36.5 Å². The van der Waals surface area contributed by atoms with E-state index in [0.717, 1.165) is 5.52 Å². The highest BCUT2D eigenvalue weighted by Crippen LogP contribution is 2.19. The van der Waals surface area contributed by atoms with Gasteiger partial charge in [-0.3, -0.25) is 0 Å². The van der Waals surface area contributed by atoms with E-state index in [4.69, 9.17) is 0 Å². The first-order valence-corrected chi connectivity index (χ1v) is 5.98. The number of para-hydroxylation sites is 2. The highest BCUT2D eigenvalue weighted by atomic mass is 16.3. The number of rotatable bonds is 5. The number of aliphatic hydroxyl groups excluding tert-OH is 3. The Balaban J connectivity index is 2.42. The normalized spacial score (nSPS) is 11.8. The van der Waals surface area contributed by atoms with E-state index in [2.05, 4.69) is 15.3 Å². The van der Waals surface area contributed by atoms with E-state index in [1.54, 1.807) is 6.92 Å². The number of aryl methyl sites for hydroxylation is 1. The number of nitrogens with one attached hydrogen (secondary N) is 1. The van der Waals surface area contributed by atoms with Crippen LogP contribution in [-0.2, 0) is 0 Å². The second-order valence-corrected chi connectivity index (χ2v) is 4.53. The van der Waals surface area contributed by atoms with Gasteiger partial charge in [-0.25, -0.2) is 9.97 Å².